The third-order valence-electron chi connectivity index (χ3n) is 3.03. The van der Waals surface area contributed by atoms with Gasteiger partial charge in [-0.1, -0.05) is 17.2 Å². The lowest BCUT2D eigenvalue weighted by atomic mass is 10.1. The van der Waals surface area contributed by atoms with E-state index >= 15 is 0 Å². The van der Waals surface area contributed by atoms with E-state index in [2.05, 4.69) is 5.32 Å². The molecule has 2 aromatic rings. The molecule has 1 unspecified atom stereocenters. The van der Waals surface area contributed by atoms with Crippen molar-refractivity contribution in [3.63, 3.8) is 0 Å². The summed E-state index contributed by atoms with van der Waals surface area (Å²) in [6, 6.07) is 9.15. The van der Waals surface area contributed by atoms with Crippen molar-refractivity contribution in [3.05, 3.63) is 58.5 Å². The van der Waals surface area contributed by atoms with Gasteiger partial charge in [-0.15, -0.1) is 0 Å². The van der Waals surface area contributed by atoms with E-state index in [1.807, 2.05) is 39.0 Å². The number of aliphatic hydroxyl groups excluding tert-OH is 1. The van der Waals surface area contributed by atoms with Gasteiger partial charge in [0.15, 0.2) is 0 Å². The predicted octanol–water partition coefficient (Wildman–Crippen LogP) is 2.67. The van der Waals surface area contributed by atoms with Crippen molar-refractivity contribution in [2.45, 2.75) is 26.9 Å². The van der Waals surface area contributed by atoms with E-state index in [1.165, 1.54) is 0 Å². The van der Waals surface area contributed by atoms with Gasteiger partial charge < -0.3 is 14.8 Å². The number of carbonyl (C=O) groups is 1. The van der Waals surface area contributed by atoms with Crippen molar-refractivity contribution in [2.24, 2.45) is 0 Å². The Labute approximate surface area is 118 Å². The molecule has 0 fully saturated rings. The van der Waals surface area contributed by atoms with Crippen LogP contribution in [-0.4, -0.2) is 17.6 Å². The number of carbonyl (C=O) groups excluding carboxylic acids is 1. The van der Waals surface area contributed by atoms with Gasteiger partial charge in [0.25, 0.3) is 5.91 Å². The average Bonchev–Trinajstić information content (AvgIpc) is 2.81. The molecule has 1 amide bonds. The quantitative estimate of drug-likeness (QED) is 0.900. The van der Waals surface area contributed by atoms with Crippen molar-refractivity contribution in [1.82, 2.24) is 5.32 Å². The Kier molecular flexibility index (Phi) is 4.25. The van der Waals surface area contributed by atoms with E-state index in [-0.39, 0.29) is 12.5 Å². The molecule has 2 N–H and O–H groups in total. The molecule has 20 heavy (non-hydrogen) atoms. The number of furan rings is 1. The molecule has 1 aromatic heterocycles. The first-order chi connectivity index (χ1) is 9.45. The van der Waals surface area contributed by atoms with Gasteiger partial charge in [-0.25, -0.2) is 0 Å². The van der Waals surface area contributed by atoms with E-state index in [0.29, 0.717) is 11.3 Å². The summed E-state index contributed by atoms with van der Waals surface area (Å²) in [5, 5.41) is 12.6. The standard InChI is InChI=1S/C16H19NO3/c1-10-6-11(2)8-13(7-10)16(19)17-9-14(18)15-5-4-12(3)20-15/h4-8,14,18H,9H2,1-3H3,(H,17,19). The van der Waals surface area contributed by atoms with Crippen molar-refractivity contribution >= 4 is 5.91 Å². The molecular weight excluding hydrogens is 254 g/mol. The minimum absolute atomic E-state index is 0.124. The van der Waals surface area contributed by atoms with Crippen LogP contribution < -0.4 is 5.32 Å². The van der Waals surface area contributed by atoms with Gasteiger partial charge in [-0.2, -0.15) is 0 Å². The first-order valence-electron chi connectivity index (χ1n) is 6.56. The smallest absolute Gasteiger partial charge is 0.251 e. The summed E-state index contributed by atoms with van der Waals surface area (Å²) < 4.78 is 5.32. The third kappa shape index (κ3) is 3.48. The Balaban J connectivity index is 1.98. The number of aryl methyl sites for hydroxylation is 3. The van der Waals surface area contributed by atoms with Gasteiger partial charge in [-0.3, -0.25) is 4.79 Å². The second-order valence-electron chi connectivity index (χ2n) is 5.05. The van der Waals surface area contributed by atoms with Gasteiger partial charge in [0.05, 0.1) is 6.54 Å². The first-order valence-corrected chi connectivity index (χ1v) is 6.56. The zero-order chi connectivity index (χ0) is 14.7. The van der Waals surface area contributed by atoms with E-state index in [9.17, 15) is 9.90 Å². The lowest BCUT2D eigenvalue weighted by Crippen LogP contribution is -2.28. The number of amides is 1. The van der Waals surface area contributed by atoms with Gasteiger partial charge in [0.2, 0.25) is 0 Å². The molecule has 1 atom stereocenters. The fourth-order valence-corrected chi connectivity index (χ4v) is 2.13. The molecule has 0 bridgehead atoms. The normalized spacial score (nSPS) is 12.2. The molecule has 0 saturated carbocycles. The number of hydrogen-bond acceptors (Lipinski definition) is 3. The molecule has 4 heteroatoms. The fraction of sp³-hybridized carbons (Fsp3) is 0.312. The SMILES string of the molecule is Cc1cc(C)cc(C(=O)NCC(O)c2ccc(C)o2)c1. The Morgan fingerprint density at radius 1 is 1.20 bits per heavy atom. The number of aliphatic hydroxyl groups is 1. The molecule has 1 aromatic carbocycles. The van der Waals surface area contributed by atoms with Gasteiger partial charge in [0.1, 0.15) is 17.6 Å². The van der Waals surface area contributed by atoms with E-state index in [4.69, 9.17) is 4.42 Å². The van der Waals surface area contributed by atoms with Gasteiger partial charge in [-0.05, 0) is 45.0 Å². The fourth-order valence-electron chi connectivity index (χ4n) is 2.13. The highest BCUT2D eigenvalue weighted by Gasteiger charge is 2.14. The topological polar surface area (TPSA) is 62.5 Å². The first kappa shape index (κ1) is 14.3. The number of hydrogen-bond donors (Lipinski definition) is 2. The number of benzene rings is 1. The Hall–Kier alpha value is -2.07. The van der Waals surface area contributed by atoms with Crippen LogP contribution in [0.2, 0.25) is 0 Å². The van der Waals surface area contributed by atoms with Crippen molar-refractivity contribution in [2.75, 3.05) is 6.54 Å². The van der Waals surface area contributed by atoms with E-state index in [0.717, 1.165) is 16.9 Å². The Morgan fingerprint density at radius 3 is 2.40 bits per heavy atom. The van der Waals surface area contributed by atoms with Crippen LogP contribution in [0.25, 0.3) is 0 Å². The molecule has 0 aliphatic rings. The summed E-state index contributed by atoms with van der Waals surface area (Å²) >= 11 is 0. The maximum absolute atomic E-state index is 12.0. The summed E-state index contributed by atoms with van der Waals surface area (Å²) in [7, 11) is 0. The van der Waals surface area contributed by atoms with Crippen LogP contribution in [0.5, 0.6) is 0 Å². The minimum Gasteiger partial charge on any atom is -0.464 e. The van der Waals surface area contributed by atoms with Crippen LogP contribution in [0.3, 0.4) is 0 Å². The second kappa shape index (κ2) is 5.92. The highest BCUT2D eigenvalue weighted by molar-refractivity contribution is 5.94. The molecule has 4 nitrogen and oxygen atoms in total. The molecule has 0 radical (unpaired) electrons. The molecule has 0 saturated heterocycles. The van der Waals surface area contributed by atoms with Crippen molar-refractivity contribution in [1.29, 1.82) is 0 Å². The Bertz CT molecular complexity index is 596. The van der Waals surface area contributed by atoms with Crippen molar-refractivity contribution in [3.8, 4) is 0 Å². The maximum atomic E-state index is 12.0. The van der Waals surface area contributed by atoms with Gasteiger partial charge in [0, 0.05) is 5.56 Å². The highest BCUT2D eigenvalue weighted by Crippen LogP contribution is 2.15. The highest BCUT2D eigenvalue weighted by atomic mass is 16.4. The maximum Gasteiger partial charge on any atom is 0.251 e. The lowest BCUT2D eigenvalue weighted by molar-refractivity contribution is 0.0900. The van der Waals surface area contributed by atoms with E-state index in [1.54, 1.807) is 12.1 Å². The van der Waals surface area contributed by atoms with Crippen LogP contribution >= 0.6 is 0 Å². The third-order valence-corrected chi connectivity index (χ3v) is 3.03. The zero-order valence-corrected chi connectivity index (χ0v) is 11.9. The predicted molar refractivity (Wildman–Crippen MR) is 76.7 cm³/mol. The molecule has 0 spiro atoms. The summed E-state index contributed by atoms with van der Waals surface area (Å²) in [6.07, 6.45) is -0.835. The molecule has 0 aliphatic carbocycles. The number of rotatable bonds is 4. The van der Waals surface area contributed by atoms with Crippen LogP contribution in [0.1, 0.15) is 39.1 Å². The van der Waals surface area contributed by atoms with Crippen LogP contribution in [0, 0.1) is 20.8 Å². The monoisotopic (exact) mass is 273 g/mol. The van der Waals surface area contributed by atoms with E-state index < -0.39 is 6.10 Å². The van der Waals surface area contributed by atoms with Crippen LogP contribution in [0.4, 0.5) is 0 Å². The summed E-state index contributed by atoms with van der Waals surface area (Å²) in [5.41, 5.74) is 2.68. The summed E-state index contributed by atoms with van der Waals surface area (Å²) in [6.45, 7) is 5.83. The summed E-state index contributed by atoms with van der Waals surface area (Å²) in [4.78, 5) is 12.0. The zero-order valence-electron chi connectivity index (χ0n) is 11.9. The van der Waals surface area contributed by atoms with Gasteiger partial charge >= 0.3 is 0 Å². The molecule has 106 valence electrons. The molecule has 0 aliphatic heterocycles. The Morgan fingerprint density at radius 2 is 1.85 bits per heavy atom. The van der Waals surface area contributed by atoms with Crippen LogP contribution in [0.15, 0.2) is 34.7 Å². The minimum atomic E-state index is -0.835. The largest absolute Gasteiger partial charge is 0.464 e. The van der Waals surface area contributed by atoms with Crippen molar-refractivity contribution < 1.29 is 14.3 Å². The van der Waals surface area contributed by atoms with Crippen LogP contribution in [-0.2, 0) is 0 Å². The molecule has 1 heterocycles. The number of nitrogens with one attached hydrogen (secondary N) is 1. The molecular formula is C16H19NO3. The molecule has 2 rings (SSSR count). The second-order valence-corrected chi connectivity index (χ2v) is 5.05. The lowest BCUT2D eigenvalue weighted by Gasteiger charge is -2.10. The summed E-state index contributed by atoms with van der Waals surface area (Å²) in [5.74, 6) is 1.00. The average molecular weight is 273 g/mol.